The van der Waals surface area contributed by atoms with Crippen LogP contribution < -0.4 is 5.73 Å². The third-order valence-corrected chi connectivity index (χ3v) is 3.62. The number of anilines is 1. The summed E-state index contributed by atoms with van der Waals surface area (Å²) in [5, 5.41) is 0. The molecular weight excluding hydrogens is 309 g/mol. The number of amides is 2. The van der Waals surface area contributed by atoms with Gasteiger partial charge >= 0.3 is 6.18 Å². The molecule has 7 heteroatoms. The highest BCUT2D eigenvalue weighted by Crippen LogP contribution is 2.30. The molecule has 2 amide bonds. The van der Waals surface area contributed by atoms with E-state index in [1.807, 2.05) is 0 Å². The first-order valence-electron chi connectivity index (χ1n) is 6.69. The molecule has 0 radical (unpaired) electrons. The summed E-state index contributed by atoms with van der Waals surface area (Å²) in [4.78, 5) is 25.5. The second-order valence-corrected chi connectivity index (χ2v) is 5.20. The van der Waals surface area contributed by atoms with Crippen LogP contribution in [0.3, 0.4) is 0 Å². The van der Waals surface area contributed by atoms with Gasteiger partial charge in [0, 0.05) is 5.69 Å². The maximum atomic E-state index is 12.5. The zero-order valence-electron chi connectivity index (χ0n) is 11.7. The lowest BCUT2D eigenvalue weighted by molar-refractivity contribution is -0.137. The van der Waals surface area contributed by atoms with Gasteiger partial charge in [-0.3, -0.25) is 14.5 Å². The molecule has 0 unspecified atom stereocenters. The van der Waals surface area contributed by atoms with Crippen molar-refractivity contribution in [2.75, 3.05) is 5.73 Å². The van der Waals surface area contributed by atoms with E-state index in [9.17, 15) is 22.8 Å². The Hall–Kier alpha value is -2.83. The Morgan fingerprint density at radius 1 is 0.913 bits per heavy atom. The third kappa shape index (κ3) is 2.65. The highest BCUT2D eigenvalue weighted by molar-refractivity contribution is 6.21. The number of nitrogens with zero attached hydrogens (tertiary/aromatic N) is 1. The smallest absolute Gasteiger partial charge is 0.399 e. The molecule has 0 aromatic heterocycles. The van der Waals surface area contributed by atoms with E-state index in [0.717, 1.165) is 17.0 Å². The number of nitrogen functional groups attached to an aromatic ring is 1. The molecule has 1 heterocycles. The molecule has 0 saturated heterocycles. The van der Waals surface area contributed by atoms with Crippen LogP contribution in [-0.2, 0) is 12.7 Å². The summed E-state index contributed by atoms with van der Waals surface area (Å²) in [6.45, 7) is -0.0929. The first kappa shape index (κ1) is 15.1. The van der Waals surface area contributed by atoms with Crippen molar-refractivity contribution >= 4 is 17.5 Å². The summed E-state index contributed by atoms with van der Waals surface area (Å²) >= 11 is 0. The Morgan fingerprint density at radius 2 is 1.52 bits per heavy atom. The van der Waals surface area contributed by atoms with Gasteiger partial charge in [0.25, 0.3) is 11.8 Å². The van der Waals surface area contributed by atoms with Crippen molar-refractivity contribution in [2.24, 2.45) is 0 Å². The van der Waals surface area contributed by atoms with E-state index in [1.54, 1.807) is 0 Å². The zero-order valence-corrected chi connectivity index (χ0v) is 11.7. The number of imide groups is 1. The number of fused-ring (bicyclic) bond motifs is 1. The molecule has 0 fully saturated rings. The van der Waals surface area contributed by atoms with Gasteiger partial charge in [0.1, 0.15) is 0 Å². The van der Waals surface area contributed by atoms with Gasteiger partial charge in [0.2, 0.25) is 0 Å². The van der Waals surface area contributed by atoms with Gasteiger partial charge in [-0.25, -0.2) is 0 Å². The predicted molar refractivity (Wildman–Crippen MR) is 76.5 cm³/mol. The number of nitrogens with two attached hydrogens (primary N) is 1. The van der Waals surface area contributed by atoms with E-state index in [2.05, 4.69) is 0 Å². The number of benzene rings is 2. The van der Waals surface area contributed by atoms with E-state index >= 15 is 0 Å². The summed E-state index contributed by atoms with van der Waals surface area (Å²) in [5.41, 5.74) is 6.07. The lowest BCUT2D eigenvalue weighted by Gasteiger charge is -2.14. The van der Waals surface area contributed by atoms with Gasteiger partial charge in [-0.05, 0) is 35.9 Å². The SMILES string of the molecule is Nc1ccc2c(c1)C(=O)N(Cc1ccc(C(F)(F)F)cc1)C2=O. The lowest BCUT2D eigenvalue weighted by Crippen LogP contribution is -2.29. The molecule has 118 valence electrons. The van der Waals surface area contributed by atoms with Crippen LogP contribution in [0.5, 0.6) is 0 Å². The second kappa shape index (κ2) is 5.12. The van der Waals surface area contributed by atoms with Crippen LogP contribution in [0.4, 0.5) is 18.9 Å². The Morgan fingerprint density at radius 3 is 2.13 bits per heavy atom. The molecule has 2 N–H and O–H groups in total. The summed E-state index contributed by atoms with van der Waals surface area (Å²) in [6, 6.07) is 8.75. The Balaban J connectivity index is 1.84. The van der Waals surface area contributed by atoms with Gasteiger partial charge in [-0.2, -0.15) is 13.2 Å². The zero-order chi connectivity index (χ0) is 16.8. The van der Waals surface area contributed by atoms with Crippen LogP contribution in [0, 0.1) is 0 Å². The highest BCUT2D eigenvalue weighted by atomic mass is 19.4. The molecule has 0 saturated carbocycles. The number of carbonyl (C=O) groups is 2. The fourth-order valence-corrected chi connectivity index (χ4v) is 2.43. The van der Waals surface area contributed by atoms with Gasteiger partial charge < -0.3 is 5.73 Å². The monoisotopic (exact) mass is 320 g/mol. The van der Waals surface area contributed by atoms with Crippen molar-refractivity contribution in [3.63, 3.8) is 0 Å². The van der Waals surface area contributed by atoms with Gasteiger partial charge in [0.15, 0.2) is 0 Å². The van der Waals surface area contributed by atoms with Crippen LogP contribution in [0.2, 0.25) is 0 Å². The molecule has 1 aliphatic rings. The van der Waals surface area contributed by atoms with E-state index in [1.165, 1.54) is 30.3 Å². The summed E-state index contributed by atoms with van der Waals surface area (Å²) in [7, 11) is 0. The van der Waals surface area contributed by atoms with Crippen molar-refractivity contribution < 1.29 is 22.8 Å². The van der Waals surface area contributed by atoms with E-state index < -0.39 is 23.6 Å². The molecule has 3 rings (SSSR count). The fraction of sp³-hybridized carbons (Fsp3) is 0.125. The Bertz CT molecular complexity index is 798. The normalized spacial score (nSPS) is 14.3. The van der Waals surface area contributed by atoms with Crippen molar-refractivity contribution in [3.05, 3.63) is 64.7 Å². The Kier molecular flexibility index (Phi) is 3.35. The molecule has 0 spiro atoms. The quantitative estimate of drug-likeness (QED) is 0.683. The minimum Gasteiger partial charge on any atom is -0.399 e. The Labute approximate surface area is 129 Å². The van der Waals surface area contributed by atoms with Crippen LogP contribution in [0.15, 0.2) is 42.5 Å². The van der Waals surface area contributed by atoms with Crippen LogP contribution in [0.1, 0.15) is 31.8 Å². The van der Waals surface area contributed by atoms with E-state index in [4.69, 9.17) is 5.73 Å². The number of hydrogen-bond donors (Lipinski definition) is 1. The van der Waals surface area contributed by atoms with Gasteiger partial charge in [0.05, 0.1) is 23.2 Å². The highest BCUT2D eigenvalue weighted by Gasteiger charge is 2.35. The van der Waals surface area contributed by atoms with Crippen molar-refractivity contribution in [1.29, 1.82) is 0 Å². The van der Waals surface area contributed by atoms with Gasteiger partial charge in [-0.15, -0.1) is 0 Å². The summed E-state index contributed by atoms with van der Waals surface area (Å²) in [6.07, 6.45) is -4.43. The van der Waals surface area contributed by atoms with Gasteiger partial charge in [-0.1, -0.05) is 12.1 Å². The molecule has 2 aromatic rings. The maximum absolute atomic E-state index is 12.5. The number of halogens is 3. The van der Waals surface area contributed by atoms with Crippen LogP contribution in [0.25, 0.3) is 0 Å². The van der Waals surface area contributed by atoms with E-state index in [-0.39, 0.29) is 17.7 Å². The standard InChI is InChI=1S/C16H11F3N2O2/c17-16(18,19)10-3-1-9(2-4-10)8-21-14(22)12-6-5-11(20)7-13(12)15(21)23/h1-7H,8,20H2. The molecule has 0 atom stereocenters. The first-order valence-corrected chi connectivity index (χ1v) is 6.69. The third-order valence-electron chi connectivity index (χ3n) is 3.62. The van der Waals surface area contributed by atoms with E-state index in [0.29, 0.717) is 11.3 Å². The van der Waals surface area contributed by atoms with Crippen molar-refractivity contribution in [1.82, 2.24) is 4.90 Å². The number of hydrogen-bond acceptors (Lipinski definition) is 3. The molecule has 0 aliphatic carbocycles. The number of rotatable bonds is 2. The molecular formula is C16H11F3N2O2. The summed E-state index contributed by atoms with van der Waals surface area (Å²) in [5.74, 6) is -0.984. The average molecular weight is 320 g/mol. The van der Waals surface area contributed by atoms with Crippen LogP contribution >= 0.6 is 0 Å². The molecule has 2 aromatic carbocycles. The molecule has 1 aliphatic heterocycles. The minimum absolute atomic E-state index is 0.0929. The number of carbonyl (C=O) groups excluding carboxylic acids is 2. The first-order chi connectivity index (χ1) is 10.8. The van der Waals surface area contributed by atoms with Crippen molar-refractivity contribution in [3.8, 4) is 0 Å². The predicted octanol–water partition coefficient (Wildman–Crippen LogP) is 3.08. The largest absolute Gasteiger partial charge is 0.416 e. The number of alkyl halides is 3. The minimum atomic E-state index is -4.43. The average Bonchev–Trinajstić information content (AvgIpc) is 2.72. The second-order valence-electron chi connectivity index (χ2n) is 5.20. The van der Waals surface area contributed by atoms with Crippen LogP contribution in [-0.4, -0.2) is 16.7 Å². The topological polar surface area (TPSA) is 63.4 Å². The molecule has 4 nitrogen and oxygen atoms in total. The summed E-state index contributed by atoms with van der Waals surface area (Å²) < 4.78 is 37.6. The molecule has 0 bridgehead atoms. The fourth-order valence-electron chi connectivity index (χ4n) is 2.43. The lowest BCUT2D eigenvalue weighted by atomic mass is 10.1. The maximum Gasteiger partial charge on any atom is 0.416 e. The van der Waals surface area contributed by atoms with Crippen molar-refractivity contribution in [2.45, 2.75) is 12.7 Å². The molecule has 23 heavy (non-hydrogen) atoms.